The summed E-state index contributed by atoms with van der Waals surface area (Å²) in [4.78, 5) is 28.8. The summed E-state index contributed by atoms with van der Waals surface area (Å²) in [7, 11) is 0. The van der Waals surface area contributed by atoms with E-state index in [1.807, 2.05) is 0 Å². The molecule has 1 aliphatic rings. The van der Waals surface area contributed by atoms with E-state index in [0.717, 1.165) is 90.3 Å². The number of esters is 2. The molecule has 1 fully saturated rings. The van der Waals surface area contributed by atoms with Crippen LogP contribution in [-0.4, -0.2) is 60.9 Å². The van der Waals surface area contributed by atoms with Crippen LogP contribution in [0.3, 0.4) is 0 Å². The number of aliphatic hydroxyl groups excluding tert-OH is 1. The SMILES string of the molecule is CCCCCCCCCOC(=O)CCCCCCCN(CCCCO)CCCCCCC1(C(=O)OC(CCCCCCCC)CCCCCCCC)CCCCC1. The number of rotatable bonds is 43. The summed E-state index contributed by atoms with van der Waals surface area (Å²) in [6, 6.07) is 0. The maximum Gasteiger partial charge on any atom is 0.312 e. The molecular formula is C51H99NO5. The fourth-order valence-corrected chi connectivity index (χ4v) is 9.02. The van der Waals surface area contributed by atoms with Gasteiger partial charge in [-0.1, -0.05) is 181 Å². The zero-order chi connectivity index (χ0) is 41.3. The summed E-state index contributed by atoms with van der Waals surface area (Å²) in [6.45, 7) is 11.0. The number of hydrogen-bond donors (Lipinski definition) is 1. The topological polar surface area (TPSA) is 76.1 Å². The molecular weight excluding hydrogens is 707 g/mol. The number of nitrogens with zero attached hydrogens (tertiary/aromatic N) is 1. The van der Waals surface area contributed by atoms with Gasteiger partial charge in [-0.05, 0) is 103 Å². The fourth-order valence-electron chi connectivity index (χ4n) is 9.02. The smallest absolute Gasteiger partial charge is 0.312 e. The summed E-state index contributed by atoms with van der Waals surface area (Å²) in [6.07, 6.45) is 45.9. The predicted molar refractivity (Wildman–Crippen MR) is 244 cm³/mol. The molecule has 1 aliphatic carbocycles. The minimum atomic E-state index is -0.247. The van der Waals surface area contributed by atoms with Gasteiger partial charge in [0, 0.05) is 13.0 Å². The number of carbonyl (C=O) groups excluding carboxylic acids is 2. The van der Waals surface area contributed by atoms with Crippen molar-refractivity contribution in [3.05, 3.63) is 0 Å². The number of unbranched alkanes of at least 4 members (excludes halogenated alkanes) is 24. The van der Waals surface area contributed by atoms with Gasteiger partial charge < -0.3 is 19.5 Å². The maximum atomic E-state index is 14.0. The molecule has 0 unspecified atom stereocenters. The number of hydrogen-bond acceptors (Lipinski definition) is 6. The molecule has 0 saturated heterocycles. The first-order chi connectivity index (χ1) is 28.0. The van der Waals surface area contributed by atoms with Crippen LogP contribution in [0.25, 0.3) is 0 Å². The average Bonchev–Trinajstić information content (AvgIpc) is 3.22. The van der Waals surface area contributed by atoms with Gasteiger partial charge in [-0.25, -0.2) is 0 Å². The normalized spacial score (nSPS) is 14.1. The van der Waals surface area contributed by atoms with Gasteiger partial charge in [0.05, 0.1) is 12.0 Å². The third kappa shape index (κ3) is 31.4. The third-order valence-corrected chi connectivity index (χ3v) is 12.9. The molecule has 0 aromatic rings. The number of carbonyl (C=O) groups is 2. The summed E-state index contributed by atoms with van der Waals surface area (Å²) in [5.74, 6) is 0.133. The molecule has 1 rings (SSSR count). The van der Waals surface area contributed by atoms with Gasteiger partial charge in [0.25, 0.3) is 0 Å². The molecule has 0 atom stereocenters. The first kappa shape index (κ1) is 53.9. The van der Waals surface area contributed by atoms with Crippen molar-refractivity contribution in [3.63, 3.8) is 0 Å². The lowest BCUT2D eigenvalue weighted by atomic mass is 9.71. The average molecular weight is 806 g/mol. The quantitative estimate of drug-likeness (QED) is 0.0489. The van der Waals surface area contributed by atoms with Crippen molar-refractivity contribution in [2.24, 2.45) is 5.41 Å². The Morgan fingerprint density at radius 1 is 0.526 bits per heavy atom. The Bertz CT molecular complexity index is 858. The highest BCUT2D eigenvalue weighted by Crippen LogP contribution is 2.42. The van der Waals surface area contributed by atoms with Crippen molar-refractivity contribution >= 4 is 11.9 Å². The summed E-state index contributed by atoms with van der Waals surface area (Å²) in [5.41, 5.74) is -0.247. The largest absolute Gasteiger partial charge is 0.466 e. The first-order valence-corrected chi connectivity index (χ1v) is 25.7. The predicted octanol–water partition coefficient (Wildman–Crippen LogP) is 15.0. The van der Waals surface area contributed by atoms with Gasteiger partial charge in [0.15, 0.2) is 0 Å². The lowest BCUT2D eigenvalue weighted by Gasteiger charge is -2.36. The van der Waals surface area contributed by atoms with E-state index >= 15 is 0 Å². The molecule has 0 radical (unpaired) electrons. The van der Waals surface area contributed by atoms with Crippen molar-refractivity contribution < 1.29 is 24.2 Å². The molecule has 338 valence electrons. The molecule has 0 bridgehead atoms. The molecule has 0 aliphatic heterocycles. The van der Waals surface area contributed by atoms with Crippen LogP contribution in [0.4, 0.5) is 0 Å². The Balaban J connectivity index is 2.41. The minimum absolute atomic E-state index is 0.0175. The zero-order valence-electron chi connectivity index (χ0n) is 38.7. The second-order valence-corrected chi connectivity index (χ2v) is 18.3. The van der Waals surface area contributed by atoms with Gasteiger partial charge in [0.1, 0.15) is 6.10 Å². The monoisotopic (exact) mass is 806 g/mol. The molecule has 1 saturated carbocycles. The Labute approximate surface area is 355 Å². The van der Waals surface area contributed by atoms with Crippen molar-refractivity contribution in [2.45, 2.75) is 277 Å². The highest BCUT2D eigenvalue weighted by molar-refractivity contribution is 5.77. The van der Waals surface area contributed by atoms with Gasteiger partial charge >= 0.3 is 11.9 Å². The van der Waals surface area contributed by atoms with Crippen molar-refractivity contribution in [3.8, 4) is 0 Å². The molecule has 0 amide bonds. The van der Waals surface area contributed by atoms with E-state index in [-0.39, 0.29) is 30.1 Å². The molecule has 0 aromatic heterocycles. The molecule has 0 heterocycles. The highest BCUT2D eigenvalue weighted by atomic mass is 16.5. The van der Waals surface area contributed by atoms with E-state index in [9.17, 15) is 14.7 Å². The summed E-state index contributed by atoms with van der Waals surface area (Å²) in [5, 5.41) is 9.38. The Hall–Kier alpha value is -1.14. The molecule has 0 spiro atoms. The molecule has 6 nitrogen and oxygen atoms in total. The molecule has 0 aromatic carbocycles. The molecule has 6 heteroatoms. The standard InChI is InChI=1S/C51H99NO5/c1-4-7-10-13-16-24-36-47-56-49(54)39-28-20-17-22-32-43-52(45-34-35-46-53)44-33-23-21-29-40-51(41-30-25-31-42-51)50(55)57-48(37-26-18-14-11-8-5-2)38-27-19-15-12-9-6-3/h48,53H,4-47H2,1-3H3. The van der Waals surface area contributed by atoms with Crippen LogP contribution in [0.5, 0.6) is 0 Å². The maximum absolute atomic E-state index is 14.0. The highest BCUT2D eigenvalue weighted by Gasteiger charge is 2.41. The van der Waals surface area contributed by atoms with Crippen molar-refractivity contribution in [1.82, 2.24) is 4.90 Å². The van der Waals surface area contributed by atoms with Gasteiger partial charge in [-0.3, -0.25) is 9.59 Å². The lowest BCUT2D eigenvalue weighted by molar-refractivity contribution is -0.165. The Morgan fingerprint density at radius 2 is 0.965 bits per heavy atom. The van der Waals surface area contributed by atoms with Crippen LogP contribution in [-0.2, 0) is 19.1 Å². The van der Waals surface area contributed by atoms with Crippen LogP contribution < -0.4 is 0 Å². The van der Waals surface area contributed by atoms with E-state index in [0.29, 0.717) is 13.0 Å². The lowest BCUT2D eigenvalue weighted by Crippen LogP contribution is -2.37. The Kier molecular flexibility index (Phi) is 38.1. The van der Waals surface area contributed by atoms with Crippen molar-refractivity contribution in [2.75, 3.05) is 32.8 Å². The van der Waals surface area contributed by atoms with Gasteiger partial charge in [-0.15, -0.1) is 0 Å². The molecule has 1 N–H and O–H groups in total. The third-order valence-electron chi connectivity index (χ3n) is 12.9. The second kappa shape index (κ2) is 40.3. The molecule has 57 heavy (non-hydrogen) atoms. The fraction of sp³-hybridized carbons (Fsp3) is 0.961. The first-order valence-electron chi connectivity index (χ1n) is 25.7. The van der Waals surface area contributed by atoms with Crippen LogP contribution >= 0.6 is 0 Å². The summed E-state index contributed by atoms with van der Waals surface area (Å²) < 4.78 is 12.0. The van der Waals surface area contributed by atoms with E-state index in [2.05, 4.69) is 25.7 Å². The van der Waals surface area contributed by atoms with E-state index < -0.39 is 0 Å². The minimum Gasteiger partial charge on any atom is -0.466 e. The van der Waals surface area contributed by atoms with Crippen LogP contribution in [0.1, 0.15) is 271 Å². The zero-order valence-corrected chi connectivity index (χ0v) is 38.7. The van der Waals surface area contributed by atoms with Gasteiger partial charge in [0.2, 0.25) is 0 Å². The number of ether oxygens (including phenoxy) is 2. The van der Waals surface area contributed by atoms with Crippen molar-refractivity contribution in [1.29, 1.82) is 0 Å². The van der Waals surface area contributed by atoms with E-state index in [1.165, 1.54) is 173 Å². The van der Waals surface area contributed by atoms with Crippen LogP contribution in [0.2, 0.25) is 0 Å². The van der Waals surface area contributed by atoms with E-state index in [4.69, 9.17) is 9.47 Å². The Morgan fingerprint density at radius 3 is 1.49 bits per heavy atom. The van der Waals surface area contributed by atoms with Gasteiger partial charge in [-0.2, -0.15) is 0 Å². The summed E-state index contributed by atoms with van der Waals surface area (Å²) >= 11 is 0. The number of aliphatic hydroxyl groups is 1. The van der Waals surface area contributed by atoms with Crippen LogP contribution in [0.15, 0.2) is 0 Å². The van der Waals surface area contributed by atoms with Crippen LogP contribution in [0, 0.1) is 5.41 Å². The second-order valence-electron chi connectivity index (χ2n) is 18.3. The van der Waals surface area contributed by atoms with E-state index in [1.54, 1.807) is 0 Å².